The molecule has 1 saturated heterocycles. The van der Waals surface area contributed by atoms with Gasteiger partial charge in [0, 0.05) is 18.2 Å². The molecule has 5 nitrogen and oxygen atoms in total. The minimum absolute atomic E-state index is 0.113. The van der Waals surface area contributed by atoms with Gasteiger partial charge in [-0.1, -0.05) is 12.1 Å². The van der Waals surface area contributed by atoms with Crippen LogP contribution in [0.2, 0.25) is 0 Å². The molecule has 2 atom stereocenters. The van der Waals surface area contributed by atoms with Crippen LogP contribution in [-0.4, -0.2) is 27.8 Å². The van der Waals surface area contributed by atoms with Gasteiger partial charge in [-0.2, -0.15) is 0 Å². The van der Waals surface area contributed by atoms with Crippen molar-refractivity contribution in [1.29, 1.82) is 0 Å². The van der Waals surface area contributed by atoms with Gasteiger partial charge in [-0.3, -0.25) is 14.9 Å². The van der Waals surface area contributed by atoms with Crippen molar-refractivity contribution in [2.45, 2.75) is 45.2 Å². The summed E-state index contributed by atoms with van der Waals surface area (Å²) >= 11 is 0. The second kappa shape index (κ2) is 5.38. The molecule has 19 heavy (non-hydrogen) atoms. The summed E-state index contributed by atoms with van der Waals surface area (Å²) in [6.45, 7) is 4.00. The van der Waals surface area contributed by atoms with Crippen LogP contribution in [-0.2, 0) is 0 Å². The van der Waals surface area contributed by atoms with E-state index in [1.165, 1.54) is 12.1 Å². The second-order valence-electron chi connectivity index (χ2n) is 5.12. The molecule has 5 heteroatoms. The molecular formula is C14H18N2O3. The summed E-state index contributed by atoms with van der Waals surface area (Å²) in [4.78, 5) is 24.9. The van der Waals surface area contributed by atoms with Crippen molar-refractivity contribution < 1.29 is 9.72 Å². The molecule has 102 valence electrons. The Balaban J connectivity index is 2.36. The van der Waals surface area contributed by atoms with E-state index in [0.717, 1.165) is 19.3 Å². The molecule has 0 saturated carbocycles. The molecule has 1 aliphatic heterocycles. The predicted octanol–water partition coefficient (Wildman–Crippen LogP) is 3.00. The van der Waals surface area contributed by atoms with E-state index in [-0.39, 0.29) is 29.2 Å². The first-order valence-corrected chi connectivity index (χ1v) is 6.58. The Kier molecular flexibility index (Phi) is 3.83. The van der Waals surface area contributed by atoms with Gasteiger partial charge in [-0.15, -0.1) is 0 Å². The van der Waals surface area contributed by atoms with Gasteiger partial charge in [0.25, 0.3) is 11.6 Å². The number of nitro benzene ring substituents is 1. The third-order valence-electron chi connectivity index (χ3n) is 3.76. The van der Waals surface area contributed by atoms with Crippen molar-refractivity contribution in [3.8, 4) is 0 Å². The first kappa shape index (κ1) is 13.5. The molecule has 1 fully saturated rings. The molecule has 0 aliphatic carbocycles. The van der Waals surface area contributed by atoms with E-state index in [9.17, 15) is 14.9 Å². The fraction of sp³-hybridized carbons (Fsp3) is 0.500. The molecule has 1 heterocycles. The molecule has 0 bridgehead atoms. The Hall–Kier alpha value is -1.91. The summed E-state index contributed by atoms with van der Waals surface area (Å²) < 4.78 is 0. The number of piperidine rings is 1. The van der Waals surface area contributed by atoms with Crippen LogP contribution in [0, 0.1) is 10.1 Å². The number of carbonyl (C=O) groups is 1. The van der Waals surface area contributed by atoms with Crippen LogP contribution in [0.25, 0.3) is 0 Å². The van der Waals surface area contributed by atoms with Crippen LogP contribution in [0.3, 0.4) is 0 Å². The Bertz CT molecular complexity index is 491. The zero-order chi connectivity index (χ0) is 14.0. The third-order valence-corrected chi connectivity index (χ3v) is 3.76. The number of hydrogen-bond donors (Lipinski definition) is 0. The fourth-order valence-corrected chi connectivity index (χ4v) is 2.77. The summed E-state index contributed by atoms with van der Waals surface area (Å²) in [5.41, 5.74) is 0.0746. The Morgan fingerprint density at radius 3 is 2.42 bits per heavy atom. The average Bonchev–Trinajstić information content (AvgIpc) is 2.38. The standard InChI is InChI=1S/C14H18N2O3/c1-10-6-5-7-11(2)15(10)14(17)12-8-3-4-9-13(12)16(18)19/h3-4,8-11H,5-7H2,1-2H3/t10-,11-/m1/s1. The number of carbonyl (C=O) groups excluding carboxylic acids is 1. The van der Waals surface area contributed by atoms with Crippen molar-refractivity contribution in [3.63, 3.8) is 0 Å². The van der Waals surface area contributed by atoms with Gasteiger partial charge >= 0.3 is 0 Å². The Morgan fingerprint density at radius 2 is 1.84 bits per heavy atom. The van der Waals surface area contributed by atoms with E-state index >= 15 is 0 Å². The maximum Gasteiger partial charge on any atom is 0.282 e. The van der Waals surface area contributed by atoms with Gasteiger partial charge in [-0.05, 0) is 39.2 Å². The Labute approximate surface area is 112 Å². The monoisotopic (exact) mass is 262 g/mol. The number of rotatable bonds is 2. The number of para-hydroxylation sites is 1. The molecule has 2 rings (SSSR count). The minimum atomic E-state index is -0.494. The maximum absolute atomic E-state index is 12.6. The summed E-state index contributed by atoms with van der Waals surface area (Å²) in [6.07, 6.45) is 3.01. The topological polar surface area (TPSA) is 63.5 Å². The van der Waals surface area contributed by atoms with E-state index in [2.05, 4.69) is 0 Å². The lowest BCUT2D eigenvalue weighted by molar-refractivity contribution is -0.385. The molecule has 1 aromatic rings. The third kappa shape index (κ3) is 2.59. The van der Waals surface area contributed by atoms with Gasteiger partial charge < -0.3 is 4.90 Å². The van der Waals surface area contributed by atoms with Crippen LogP contribution in [0.1, 0.15) is 43.5 Å². The first-order chi connectivity index (χ1) is 9.02. The van der Waals surface area contributed by atoms with Crippen molar-refractivity contribution in [1.82, 2.24) is 4.90 Å². The highest BCUT2D eigenvalue weighted by molar-refractivity contribution is 5.98. The van der Waals surface area contributed by atoms with Gasteiger partial charge in [0.2, 0.25) is 0 Å². The van der Waals surface area contributed by atoms with Crippen molar-refractivity contribution >= 4 is 11.6 Å². The molecule has 0 aromatic heterocycles. The fourth-order valence-electron chi connectivity index (χ4n) is 2.77. The number of hydrogen-bond acceptors (Lipinski definition) is 3. The summed E-state index contributed by atoms with van der Waals surface area (Å²) in [6, 6.07) is 6.44. The van der Waals surface area contributed by atoms with E-state index < -0.39 is 4.92 Å². The number of nitro groups is 1. The maximum atomic E-state index is 12.6. The van der Waals surface area contributed by atoms with Gasteiger partial charge in [0.1, 0.15) is 5.56 Å². The zero-order valence-corrected chi connectivity index (χ0v) is 11.2. The highest BCUT2D eigenvalue weighted by atomic mass is 16.6. The number of benzene rings is 1. The molecule has 1 amide bonds. The highest BCUT2D eigenvalue weighted by Crippen LogP contribution is 2.27. The summed E-state index contributed by atoms with van der Waals surface area (Å²) in [5.74, 6) is -0.230. The number of likely N-dealkylation sites (tertiary alicyclic amines) is 1. The lowest BCUT2D eigenvalue weighted by Crippen LogP contribution is -2.47. The van der Waals surface area contributed by atoms with Crippen molar-refractivity contribution in [2.75, 3.05) is 0 Å². The zero-order valence-electron chi connectivity index (χ0n) is 11.2. The van der Waals surface area contributed by atoms with Crippen LogP contribution in [0.5, 0.6) is 0 Å². The number of amides is 1. The van der Waals surface area contributed by atoms with Gasteiger partial charge in [-0.25, -0.2) is 0 Å². The average molecular weight is 262 g/mol. The lowest BCUT2D eigenvalue weighted by atomic mass is 9.96. The summed E-state index contributed by atoms with van der Waals surface area (Å²) in [5, 5.41) is 11.0. The van der Waals surface area contributed by atoms with E-state index in [4.69, 9.17) is 0 Å². The van der Waals surface area contributed by atoms with E-state index in [0.29, 0.717) is 0 Å². The van der Waals surface area contributed by atoms with Gasteiger partial charge in [0.15, 0.2) is 0 Å². The number of nitrogens with zero attached hydrogens (tertiary/aromatic N) is 2. The van der Waals surface area contributed by atoms with Crippen molar-refractivity contribution in [2.24, 2.45) is 0 Å². The molecule has 0 spiro atoms. The van der Waals surface area contributed by atoms with Crippen LogP contribution in [0.15, 0.2) is 24.3 Å². The molecule has 1 aliphatic rings. The normalized spacial score (nSPS) is 23.2. The Morgan fingerprint density at radius 1 is 1.26 bits per heavy atom. The smallest absolute Gasteiger partial charge is 0.282 e. The van der Waals surface area contributed by atoms with Crippen molar-refractivity contribution in [3.05, 3.63) is 39.9 Å². The molecule has 0 radical (unpaired) electrons. The lowest BCUT2D eigenvalue weighted by Gasteiger charge is -2.39. The molecular weight excluding hydrogens is 244 g/mol. The molecule has 0 unspecified atom stereocenters. The summed E-state index contributed by atoms with van der Waals surface area (Å²) in [7, 11) is 0. The van der Waals surface area contributed by atoms with E-state index in [1.54, 1.807) is 17.0 Å². The first-order valence-electron chi connectivity index (χ1n) is 6.58. The van der Waals surface area contributed by atoms with Crippen LogP contribution in [0.4, 0.5) is 5.69 Å². The quantitative estimate of drug-likeness (QED) is 0.608. The predicted molar refractivity (Wildman–Crippen MR) is 72.0 cm³/mol. The largest absolute Gasteiger partial charge is 0.333 e. The molecule has 0 N–H and O–H groups in total. The van der Waals surface area contributed by atoms with E-state index in [1.807, 2.05) is 13.8 Å². The molecule has 1 aromatic carbocycles. The van der Waals surface area contributed by atoms with Gasteiger partial charge in [0.05, 0.1) is 4.92 Å². The minimum Gasteiger partial charge on any atom is -0.333 e. The SMILES string of the molecule is C[C@@H]1CCC[C@@H](C)N1C(=O)c1ccccc1[N+](=O)[O-]. The second-order valence-corrected chi connectivity index (χ2v) is 5.12. The van der Waals surface area contributed by atoms with Crippen LogP contribution >= 0.6 is 0 Å². The highest BCUT2D eigenvalue weighted by Gasteiger charge is 2.32. The van der Waals surface area contributed by atoms with Crippen LogP contribution < -0.4 is 0 Å².